The van der Waals surface area contributed by atoms with E-state index in [0.29, 0.717) is 11.6 Å². The zero-order valence-corrected chi connectivity index (χ0v) is 12.0. The molecule has 0 unspecified atom stereocenters. The molecule has 1 aliphatic heterocycles. The highest BCUT2D eigenvalue weighted by Crippen LogP contribution is 2.50. The van der Waals surface area contributed by atoms with Crippen LogP contribution in [0.2, 0.25) is 0 Å². The van der Waals surface area contributed by atoms with Gasteiger partial charge in [-0.1, -0.05) is 18.2 Å². The Bertz CT molecular complexity index is 462. The summed E-state index contributed by atoms with van der Waals surface area (Å²) in [4.78, 5) is 2.16. The Balaban J connectivity index is 2.25. The third kappa shape index (κ3) is 2.51. The molecule has 18 heavy (non-hydrogen) atoms. The van der Waals surface area contributed by atoms with Crippen molar-refractivity contribution in [1.29, 1.82) is 5.26 Å². The molecule has 0 N–H and O–H groups in total. The molecule has 1 aliphatic rings. The van der Waals surface area contributed by atoms with Gasteiger partial charge in [-0.3, -0.25) is 0 Å². The van der Waals surface area contributed by atoms with Crippen LogP contribution in [0.25, 0.3) is 0 Å². The Morgan fingerprint density at radius 3 is 2.44 bits per heavy atom. The molecule has 1 fully saturated rings. The highest BCUT2D eigenvalue weighted by molar-refractivity contribution is 8.18. The molecule has 0 atom stereocenters. The van der Waals surface area contributed by atoms with Gasteiger partial charge >= 0.3 is 0 Å². The molecule has 0 bridgehead atoms. The van der Waals surface area contributed by atoms with E-state index in [2.05, 4.69) is 11.0 Å². The highest BCUT2D eigenvalue weighted by atomic mass is 32.2. The third-order valence-corrected chi connectivity index (χ3v) is 6.31. The molecule has 1 aromatic rings. The van der Waals surface area contributed by atoms with Crippen molar-refractivity contribution in [2.24, 2.45) is 0 Å². The van der Waals surface area contributed by atoms with Crippen molar-refractivity contribution < 1.29 is 4.39 Å². The molecule has 2 nitrogen and oxygen atoms in total. The SMILES string of the molecule is CN(C)C1CSC(C#N)(c2ccccc2F)SC1. The van der Waals surface area contributed by atoms with Gasteiger partial charge in [0.1, 0.15) is 5.82 Å². The van der Waals surface area contributed by atoms with E-state index >= 15 is 0 Å². The summed E-state index contributed by atoms with van der Waals surface area (Å²) in [5.74, 6) is 1.41. The molecule has 0 aliphatic carbocycles. The predicted molar refractivity (Wildman–Crippen MR) is 76.1 cm³/mol. The first kappa shape index (κ1) is 13.7. The molecule has 96 valence electrons. The van der Waals surface area contributed by atoms with Gasteiger partial charge in [-0.15, -0.1) is 23.5 Å². The zero-order chi connectivity index (χ0) is 13.2. The second-order valence-corrected chi connectivity index (χ2v) is 7.17. The third-order valence-electron chi connectivity index (χ3n) is 3.06. The summed E-state index contributed by atoms with van der Waals surface area (Å²) in [6.07, 6.45) is 0. The maximum absolute atomic E-state index is 13.9. The first-order chi connectivity index (χ1) is 8.59. The van der Waals surface area contributed by atoms with E-state index in [1.165, 1.54) is 29.6 Å². The normalized spacial score (nSPS) is 28.1. The average Bonchev–Trinajstić information content (AvgIpc) is 2.39. The fraction of sp³-hybridized carbons (Fsp3) is 0.462. The maximum Gasteiger partial charge on any atom is 0.176 e. The van der Waals surface area contributed by atoms with Crippen LogP contribution in [0, 0.1) is 17.1 Å². The Kier molecular flexibility index (Phi) is 4.21. The van der Waals surface area contributed by atoms with Crippen LogP contribution in [-0.2, 0) is 4.08 Å². The van der Waals surface area contributed by atoms with Crippen molar-refractivity contribution in [3.05, 3.63) is 35.6 Å². The van der Waals surface area contributed by atoms with E-state index in [1.807, 2.05) is 14.1 Å². The Hall–Kier alpha value is -0.700. The van der Waals surface area contributed by atoms with Gasteiger partial charge in [-0.25, -0.2) is 4.39 Å². The molecule has 0 aromatic heterocycles. The molecule has 0 radical (unpaired) electrons. The Morgan fingerprint density at radius 1 is 1.33 bits per heavy atom. The quantitative estimate of drug-likeness (QED) is 0.833. The van der Waals surface area contributed by atoms with Crippen LogP contribution in [0.4, 0.5) is 4.39 Å². The van der Waals surface area contributed by atoms with Gasteiger partial charge in [0.05, 0.1) is 6.07 Å². The van der Waals surface area contributed by atoms with E-state index in [1.54, 1.807) is 18.2 Å². The lowest BCUT2D eigenvalue weighted by atomic mass is 10.1. The number of thioether (sulfide) groups is 2. The maximum atomic E-state index is 13.9. The predicted octanol–water partition coefficient (Wildman–Crippen LogP) is 2.91. The summed E-state index contributed by atoms with van der Waals surface area (Å²) in [6.45, 7) is 0. The smallest absolute Gasteiger partial charge is 0.176 e. The number of nitrogens with zero attached hydrogens (tertiary/aromatic N) is 2. The summed E-state index contributed by atoms with van der Waals surface area (Å²) in [6, 6.07) is 9.33. The van der Waals surface area contributed by atoms with E-state index < -0.39 is 4.08 Å². The van der Waals surface area contributed by atoms with Crippen molar-refractivity contribution in [1.82, 2.24) is 4.90 Å². The van der Waals surface area contributed by atoms with Gasteiger partial charge in [-0.2, -0.15) is 5.26 Å². The van der Waals surface area contributed by atoms with Crippen LogP contribution >= 0.6 is 23.5 Å². The molecule has 1 heterocycles. The largest absolute Gasteiger partial charge is 0.305 e. The van der Waals surface area contributed by atoms with E-state index in [4.69, 9.17) is 0 Å². The van der Waals surface area contributed by atoms with Crippen LogP contribution in [0.1, 0.15) is 5.56 Å². The van der Waals surface area contributed by atoms with E-state index in [0.717, 1.165) is 11.5 Å². The van der Waals surface area contributed by atoms with E-state index in [9.17, 15) is 9.65 Å². The average molecular weight is 282 g/mol. The van der Waals surface area contributed by atoms with E-state index in [-0.39, 0.29) is 5.82 Å². The monoisotopic (exact) mass is 282 g/mol. The van der Waals surface area contributed by atoms with Crippen LogP contribution in [0.5, 0.6) is 0 Å². The van der Waals surface area contributed by atoms with Gasteiger partial charge in [0.15, 0.2) is 4.08 Å². The standard InChI is InChI=1S/C13H15FN2S2/c1-16(2)10-7-17-13(9-15,18-8-10)11-5-3-4-6-12(11)14/h3-6,10H,7-8H2,1-2H3. The molecule has 0 spiro atoms. The van der Waals surface area contributed by atoms with Crippen LogP contribution in [0.3, 0.4) is 0 Å². The molecule has 5 heteroatoms. The molecule has 1 saturated heterocycles. The molecule has 1 aromatic carbocycles. The summed E-state index contributed by atoms with van der Waals surface area (Å²) in [5.41, 5.74) is 0.500. The lowest BCUT2D eigenvalue weighted by molar-refractivity contribution is 0.343. The fourth-order valence-electron chi connectivity index (χ4n) is 1.82. The number of benzene rings is 1. The second kappa shape index (κ2) is 5.52. The van der Waals surface area contributed by atoms with Gasteiger partial charge in [0.25, 0.3) is 0 Å². The minimum absolute atomic E-state index is 0.289. The van der Waals surface area contributed by atoms with Crippen LogP contribution in [-0.4, -0.2) is 36.5 Å². The molecular formula is C13H15FN2S2. The Labute approximate surface area is 116 Å². The lowest BCUT2D eigenvalue weighted by Crippen LogP contribution is -2.39. The van der Waals surface area contributed by atoms with Gasteiger partial charge in [-0.05, 0) is 20.2 Å². The number of hydrogen-bond donors (Lipinski definition) is 0. The fourth-order valence-corrected chi connectivity index (χ4v) is 5.17. The molecule has 0 saturated carbocycles. The summed E-state index contributed by atoms with van der Waals surface area (Å²) in [5, 5.41) is 9.47. The molecule has 2 rings (SSSR count). The highest BCUT2D eigenvalue weighted by Gasteiger charge is 2.41. The topological polar surface area (TPSA) is 27.0 Å². The van der Waals surface area contributed by atoms with Crippen molar-refractivity contribution in [2.45, 2.75) is 10.1 Å². The zero-order valence-electron chi connectivity index (χ0n) is 10.4. The first-order valence-electron chi connectivity index (χ1n) is 5.69. The minimum atomic E-state index is -0.794. The van der Waals surface area contributed by atoms with Crippen LogP contribution < -0.4 is 0 Å². The number of halogens is 1. The number of nitriles is 1. The summed E-state index contributed by atoms with van der Waals surface area (Å²) in [7, 11) is 4.07. The summed E-state index contributed by atoms with van der Waals surface area (Å²) >= 11 is 3.07. The van der Waals surface area contributed by atoms with Gasteiger partial charge < -0.3 is 4.90 Å². The molecule has 0 amide bonds. The minimum Gasteiger partial charge on any atom is -0.305 e. The number of rotatable bonds is 2. The number of hydrogen-bond acceptors (Lipinski definition) is 4. The first-order valence-corrected chi connectivity index (χ1v) is 7.67. The van der Waals surface area contributed by atoms with Crippen molar-refractivity contribution in [3.8, 4) is 6.07 Å². The van der Waals surface area contributed by atoms with Gasteiger partial charge in [0.2, 0.25) is 0 Å². The summed E-state index contributed by atoms with van der Waals surface area (Å²) < 4.78 is 13.1. The van der Waals surface area contributed by atoms with Gasteiger partial charge in [0, 0.05) is 23.1 Å². The van der Waals surface area contributed by atoms with Crippen LogP contribution in [0.15, 0.2) is 24.3 Å². The van der Waals surface area contributed by atoms with Crippen molar-refractivity contribution >= 4 is 23.5 Å². The van der Waals surface area contributed by atoms with Crippen molar-refractivity contribution in [2.75, 3.05) is 25.6 Å². The second-order valence-electron chi connectivity index (χ2n) is 4.45. The molecular weight excluding hydrogens is 267 g/mol. The Morgan fingerprint density at radius 2 is 1.94 bits per heavy atom. The lowest BCUT2D eigenvalue weighted by Gasteiger charge is -2.36. The van der Waals surface area contributed by atoms with Crippen molar-refractivity contribution in [3.63, 3.8) is 0 Å².